The molecule has 0 aliphatic rings. The molecule has 4 rings (SSSR count). The lowest BCUT2D eigenvalue weighted by molar-refractivity contribution is 0.410. The summed E-state index contributed by atoms with van der Waals surface area (Å²) in [6.45, 7) is 0.551. The molecule has 0 aliphatic carbocycles. The van der Waals surface area contributed by atoms with Crippen LogP contribution in [0.25, 0.3) is 22.7 Å². The summed E-state index contributed by atoms with van der Waals surface area (Å²) < 4.78 is 11.1. The molecule has 4 aromatic rings. The van der Waals surface area contributed by atoms with E-state index in [1.165, 1.54) is 0 Å². The number of ether oxygens (including phenoxy) is 1. The van der Waals surface area contributed by atoms with Gasteiger partial charge in [0, 0.05) is 17.7 Å². The maximum Gasteiger partial charge on any atom is 0.252 e. The summed E-state index contributed by atoms with van der Waals surface area (Å²) in [6.07, 6.45) is 1.66. The van der Waals surface area contributed by atoms with Crippen molar-refractivity contribution in [2.24, 2.45) is 0 Å². The van der Waals surface area contributed by atoms with Crippen molar-refractivity contribution >= 4 is 17.2 Å². The Balaban J connectivity index is 1.57. The third kappa shape index (κ3) is 3.14. The van der Waals surface area contributed by atoms with Crippen molar-refractivity contribution in [3.8, 4) is 17.2 Å². The molecule has 0 amide bonds. The van der Waals surface area contributed by atoms with Gasteiger partial charge in [-0.05, 0) is 18.2 Å². The second kappa shape index (κ2) is 6.60. The van der Waals surface area contributed by atoms with E-state index in [0.717, 1.165) is 16.9 Å². The number of rotatable bonds is 5. The van der Waals surface area contributed by atoms with Gasteiger partial charge in [0.25, 0.3) is 5.71 Å². The molecular weight excluding hydrogens is 316 g/mol. The van der Waals surface area contributed by atoms with Gasteiger partial charge < -0.3 is 14.5 Å². The van der Waals surface area contributed by atoms with E-state index in [1.54, 1.807) is 13.3 Å². The minimum absolute atomic E-state index is 0.455. The Bertz CT molecular complexity index is 999. The number of hydrogen-bond acceptors (Lipinski definition) is 6. The lowest BCUT2D eigenvalue weighted by Crippen LogP contribution is -2.04. The van der Waals surface area contributed by atoms with E-state index in [1.807, 2.05) is 54.6 Å². The van der Waals surface area contributed by atoms with Crippen LogP contribution in [-0.2, 0) is 6.54 Å². The first-order valence-corrected chi connectivity index (χ1v) is 7.88. The molecule has 2 aromatic carbocycles. The van der Waals surface area contributed by atoms with Gasteiger partial charge in [-0.15, -0.1) is 0 Å². The standard InChI is InChI=1S/C19H16N4O2/c1-24-16-10-6-5-9-14(16)11-20-19-21-12-15-18(23-19)25-17(22-15)13-7-3-2-4-8-13/h2-10,12H,11H2,1H3,(H,20,21,23). The van der Waals surface area contributed by atoms with E-state index in [9.17, 15) is 0 Å². The predicted molar refractivity (Wildman–Crippen MR) is 95.4 cm³/mol. The monoisotopic (exact) mass is 332 g/mol. The second-order valence-corrected chi connectivity index (χ2v) is 5.43. The molecule has 0 bridgehead atoms. The van der Waals surface area contributed by atoms with E-state index in [2.05, 4.69) is 20.3 Å². The van der Waals surface area contributed by atoms with E-state index in [0.29, 0.717) is 29.6 Å². The first-order valence-electron chi connectivity index (χ1n) is 7.88. The summed E-state index contributed by atoms with van der Waals surface area (Å²) in [4.78, 5) is 13.1. The molecule has 0 fully saturated rings. The Hall–Kier alpha value is -3.41. The molecule has 124 valence electrons. The van der Waals surface area contributed by atoms with Crippen molar-refractivity contribution in [2.75, 3.05) is 12.4 Å². The minimum atomic E-state index is 0.455. The number of fused-ring (bicyclic) bond motifs is 1. The minimum Gasteiger partial charge on any atom is -0.496 e. The summed E-state index contributed by atoms with van der Waals surface area (Å²) in [7, 11) is 1.65. The lowest BCUT2D eigenvalue weighted by atomic mass is 10.2. The molecule has 6 nitrogen and oxygen atoms in total. The maximum absolute atomic E-state index is 5.76. The number of methoxy groups -OCH3 is 1. The van der Waals surface area contributed by atoms with Crippen LogP contribution in [0.4, 0.5) is 5.95 Å². The first kappa shape index (κ1) is 15.1. The molecule has 2 aromatic heterocycles. The number of aromatic nitrogens is 3. The van der Waals surface area contributed by atoms with Crippen LogP contribution in [0.5, 0.6) is 5.75 Å². The maximum atomic E-state index is 5.76. The Morgan fingerprint density at radius 2 is 1.80 bits per heavy atom. The van der Waals surface area contributed by atoms with E-state index in [-0.39, 0.29) is 0 Å². The third-order valence-corrected chi connectivity index (χ3v) is 3.80. The Morgan fingerprint density at radius 1 is 1.00 bits per heavy atom. The zero-order chi connectivity index (χ0) is 17.1. The highest BCUT2D eigenvalue weighted by atomic mass is 16.5. The zero-order valence-electron chi connectivity index (χ0n) is 13.6. The number of anilines is 1. The molecule has 6 heteroatoms. The normalized spacial score (nSPS) is 10.8. The number of benzene rings is 2. The van der Waals surface area contributed by atoms with Gasteiger partial charge in [-0.2, -0.15) is 4.98 Å². The molecule has 25 heavy (non-hydrogen) atoms. The van der Waals surface area contributed by atoms with E-state index in [4.69, 9.17) is 9.15 Å². The fourth-order valence-corrected chi connectivity index (χ4v) is 2.55. The topological polar surface area (TPSA) is 73.1 Å². The highest BCUT2D eigenvalue weighted by Gasteiger charge is 2.11. The van der Waals surface area contributed by atoms with Crippen LogP contribution >= 0.6 is 0 Å². The van der Waals surface area contributed by atoms with Crippen molar-refractivity contribution in [3.63, 3.8) is 0 Å². The van der Waals surface area contributed by atoms with Crippen molar-refractivity contribution in [2.45, 2.75) is 6.54 Å². The van der Waals surface area contributed by atoms with Crippen LogP contribution in [0.3, 0.4) is 0 Å². The van der Waals surface area contributed by atoms with Gasteiger partial charge in [0.2, 0.25) is 11.8 Å². The smallest absolute Gasteiger partial charge is 0.252 e. The number of nitrogens with zero attached hydrogens (tertiary/aromatic N) is 3. The van der Waals surface area contributed by atoms with Crippen LogP contribution in [0.15, 0.2) is 65.2 Å². The largest absolute Gasteiger partial charge is 0.496 e. The quantitative estimate of drug-likeness (QED) is 0.597. The zero-order valence-corrected chi connectivity index (χ0v) is 13.6. The van der Waals surface area contributed by atoms with E-state index >= 15 is 0 Å². The fraction of sp³-hybridized carbons (Fsp3) is 0.105. The van der Waals surface area contributed by atoms with E-state index < -0.39 is 0 Å². The van der Waals surface area contributed by atoms with Gasteiger partial charge in [-0.1, -0.05) is 36.4 Å². The van der Waals surface area contributed by atoms with Gasteiger partial charge in [-0.25, -0.2) is 9.97 Å². The van der Waals surface area contributed by atoms with Crippen molar-refractivity contribution in [3.05, 3.63) is 66.4 Å². The molecule has 0 aliphatic heterocycles. The van der Waals surface area contributed by atoms with Crippen LogP contribution in [-0.4, -0.2) is 22.1 Å². The number of para-hydroxylation sites is 1. The summed E-state index contributed by atoms with van der Waals surface area (Å²) in [6, 6.07) is 17.5. The molecule has 0 saturated carbocycles. The summed E-state index contributed by atoms with van der Waals surface area (Å²) in [5.41, 5.74) is 3.01. The van der Waals surface area contributed by atoms with Crippen LogP contribution in [0.2, 0.25) is 0 Å². The van der Waals surface area contributed by atoms with Gasteiger partial charge >= 0.3 is 0 Å². The molecular formula is C19H16N4O2. The number of oxazole rings is 1. The van der Waals surface area contributed by atoms with Crippen molar-refractivity contribution in [1.82, 2.24) is 15.0 Å². The Kier molecular flexibility index (Phi) is 4.00. The SMILES string of the molecule is COc1ccccc1CNc1ncc2nc(-c3ccccc3)oc2n1. The van der Waals surface area contributed by atoms with Crippen LogP contribution < -0.4 is 10.1 Å². The molecule has 0 unspecified atom stereocenters. The predicted octanol–water partition coefficient (Wildman–Crippen LogP) is 3.91. The van der Waals surface area contributed by atoms with Gasteiger partial charge in [0.1, 0.15) is 11.3 Å². The number of nitrogens with one attached hydrogen (secondary N) is 1. The van der Waals surface area contributed by atoms with Gasteiger partial charge in [0.05, 0.1) is 13.3 Å². The van der Waals surface area contributed by atoms with Gasteiger partial charge in [-0.3, -0.25) is 0 Å². The Labute approximate surface area is 144 Å². The molecule has 1 N–H and O–H groups in total. The fourth-order valence-electron chi connectivity index (χ4n) is 2.55. The molecule has 0 spiro atoms. The van der Waals surface area contributed by atoms with Gasteiger partial charge in [0.15, 0.2) is 0 Å². The summed E-state index contributed by atoms with van der Waals surface area (Å²) in [5, 5.41) is 3.19. The second-order valence-electron chi connectivity index (χ2n) is 5.43. The average molecular weight is 332 g/mol. The molecule has 0 atom stereocenters. The molecule has 0 saturated heterocycles. The third-order valence-electron chi connectivity index (χ3n) is 3.80. The van der Waals surface area contributed by atoms with Crippen LogP contribution in [0, 0.1) is 0 Å². The van der Waals surface area contributed by atoms with Crippen LogP contribution in [0.1, 0.15) is 5.56 Å². The average Bonchev–Trinajstić information content (AvgIpc) is 3.10. The lowest BCUT2D eigenvalue weighted by Gasteiger charge is -2.08. The highest BCUT2D eigenvalue weighted by molar-refractivity contribution is 5.72. The van der Waals surface area contributed by atoms with Crippen molar-refractivity contribution < 1.29 is 9.15 Å². The molecule has 0 radical (unpaired) electrons. The van der Waals surface area contributed by atoms with Crippen molar-refractivity contribution in [1.29, 1.82) is 0 Å². The summed E-state index contributed by atoms with van der Waals surface area (Å²) >= 11 is 0. The summed E-state index contributed by atoms with van der Waals surface area (Å²) in [5.74, 6) is 1.84. The molecule has 2 heterocycles. The Morgan fingerprint density at radius 3 is 2.64 bits per heavy atom. The number of hydrogen-bond donors (Lipinski definition) is 1. The highest BCUT2D eigenvalue weighted by Crippen LogP contribution is 2.23. The first-order chi connectivity index (χ1) is 12.3.